The maximum atomic E-state index is 12.7. The summed E-state index contributed by atoms with van der Waals surface area (Å²) in [4.78, 5) is 29.4. The lowest BCUT2D eigenvalue weighted by Crippen LogP contribution is -2.28. The van der Waals surface area contributed by atoms with Gasteiger partial charge >= 0.3 is 0 Å². The van der Waals surface area contributed by atoms with Crippen LogP contribution in [0, 0.1) is 19.8 Å². The predicted octanol–water partition coefficient (Wildman–Crippen LogP) is 3.90. The van der Waals surface area contributed by atoms with Crippen LogP contribution in [-0.4, -0.2) is 31.4 Å². The fourth-order valence-electron chi connectivity index (χ4n) is 4.07. The van der Waals surface area contributed by atoms with Crippen molar-refractivity contribution in [2.24, 2.45) is 5.92 Å². The third kappa shape index (κ3) is 3.61. The molecule has 2 aromatic rings. The quantitative estimate of drug-likeness (QED) is 0.879. The summed E-state index contributed by atoms with van der Waals surface area (Å²) < 4.78 is 0. The zero-order valence-electron chi connectivity index (χ0n) is 16.6. The van der Waals surface area contributed by atoms with Crippen LogP contribution in [0.4, 0.5) is 17.1 Å². The van der Waals surface area contributed by atoms with E-state index in [9.17, 15) is 9.59 Å². The summed E-state index contributed by atoms with van der Waals surface area (Å²) in [6.07, 6.45) is 2.73. The van der Waals surface area contributed by atoms with Gasteiger partial charge in [-0.3, -0.25) is 9.59 Å². The van der Waals surface area contributed by atoms with Crippen LogP contribution in [0.5, 0.6) is 0 Å². The molecule has 0 aromatic heterocycles. The van der Waals surface area contributed by atoms with E-state index in [4.69, 9.17) is 0 Å². The van der Waals surface area contributed by atoms with Crippen LogP contribution >= 0.6 is 0 Å². The molecule has 2 aliphatic heterocycles. The fourth-order valence-corrected chi connectivity index (χ4v) is 4.07. The molecular formula is C23H27N3O2. The van der Waals surface area contributed by atoms with Crippen LogP contribution in [0.1, 0.15) is 30.4 Å². The Hall–Kier alpha value is -2.82. The van der Waals surface area contributed by atoms with Crippen molar-refractivity contribution < 1.29 is 9.59 Å². The highest BCUT2D eigenvalue weighted by Gasteiger charge is 2.35. The average molecular weight is 377 g/mol. The Morgan fingerprint density at radius 2 is 1.68 bits per heavy atom. The monoisotopic (exact) mass is 377 g/mol. The molecule has 0 radical (unpaired) electrons. The van der Waals surface area contributed by atoms with E-state index >= 15 is 0 Å². The Balaban J connectivity index is 1.43. The smallest absolute Gasteiger partial charge is 0.229 e. The summed E-state index contributed by atoms with van der Waals surface area (Å²) in [5.41, 5.74) is 5.10. The maximum absolute atomic E-state index is 12.7. The Morgan fingerprint density at radius 3 is 2.39 bits per heavy atom. The Kier molecular flexibility index (Phi) is 5.07. The summed E-state index contributed by atoms with van der Waals surface area (Å²) in [6.45, 7) is 6.65. The summed E-state index contributed by atoms with van der Waals surface area (Å²) in [7, 11) is 0. The molecule has 0 saturated carbocycles. The van der Waals surface area contributed by atoms with Crippen molar-refractivity contribution in [1.82, 2.24) is 0 Å². The number of carbonyl (C=O) groups is 2. The number of benzene rings is 2. The normalized spacial score (nSPS) is 19.4. The van der Waals surface area contributed by atoms with Gasteiger partial charge in [-0.2, -0.15) is 0 Å². The number of hydrogen-bond acceptors (Lipinski definition) is 3. The number of anilines is 3. The lowest BCUT2D eigenvalue weighted by molar-refractivity contribution is -0.122. The van der Waals surface area contributed by atoms with E-state index in [2.05, 4.69) is 22.3 Å². The first-order valence-corrected chi connectivity index (χ1v) is 10.1. The second kappa shape index (κ2) is 7.66. The van der Waals surface area contributed by atoms with Crippen molar-refractivity contribution in [1.29, 1.82) is 0 Å². The molecule has 0 spiro atoms. The molecule has 1 unspecified atom stereocenters. The first-order valence-electron chi connectivity index (χ1n) is 10.1. The maximum Gasteiger partial charge on any atom is 0.229 e. The zero-order valence-corrected chi connectivity index (χ0v) is 16.6. The predicted molar refractivity (Wildman–Crippen MR) is 113 cm³/mol. The molecule has 1 atom stereocenters. The molecule has 2 amide bonds. The summed E-state index contributed by atoms with van der Waals surface area (Å²) in [5.74, 6) is -0.404. The summed E-state index contributed by atoms with van der Waals surface area (Å²) >= 11 is 0. The molecule has 0 aliphatic carbocycles. The lowest BCUT2D eigenvalue weighted by atomic mass is 10.1. The number of aryl methyl sites for hydroxylation is 1. The van der Waals surface area contributed by atoms with Gasteiger partial charge in [0.25, 0.3) is 0 Å². The van der Waals surface area contributed by atoms with Crippen LogP contribution < -0.4 is 15.1 Å². The average Bonchev–Trinajstić information content (AvgIpc) is 3.35. The largest absolute Gasteiger partial charge is 0.372 e. The van der Waals surface area contributed by atoms with Crippen LogP contribution in [-0.2, 0) is 9.59 Å². The molecule has 2 fully saturated rings. The van der Waals surface area contributed by atoms with Gasteiger partial charge in [0.05, 0.1) is 5.92 Å². The summed E-state index contributed by atoms with van der Waals surface area (Å²) in [6, 6.07) is 14.0. The van der Waals surface area contributed by atoms with E-state index in [1.165, 1.54) is 18.5 Å². The zero-order chi connectivity index (χ0) is 19.7. The molecule has 5 nitrogen and oxygen atoms in total. The number of hydrogen-bond donors (Lipinski definition) is 1. The first-order chi connectivity index (χ1) is 13.5. The van der Waals surface area contributed by atoms with Crippen molar-refractivity contribution in [3.05, 3.63) is 53.6 Å². The highest BCUT2D eigenvalue weighted by Crippen LogP contribution is 2.29. The second-order valence-corrected chi connectivity index (χ2v) is 7.85. The fraction of sp³-hybridized carbons (Fsp3) is 0.391. The van der Waals surface area contributed by atoms with Gasteiger partial charge < -0.3 is 15.1 Å². The Morgan fingerprint density at radius 1 is 1.00 bits per heavy atom. The molecule has 2 saturated heterocycles. The number of amides is 2. The molecule has 2 aliphatic rings. The topological polar surface area (TPSA) is 52.7 Å². The third-order valence-electron chi connectivity index (χ3n) is 5.99. The Bertz CT molecular complexity index is 885. The molecule has 5 heteroatoms. The van der Waals surface area contributed by atoms with Gasteiger partial charge in [0.15, 0.2) is 0 Å². The van der Waals surface area contributed by atoms with E-state index in [1.807, 2.05) is 44.2 Å². The molecule has 1 N–H and O–H groups in total. The number of rotatable bonds is 4. The van der Waals surface area contributed by atoms with Crippen LogP contribution in [0.2, 0.25) is 0 Å². The van der Waals surface area contributed by atoms with Gasteiger partial charge in [0.2, 0.25) is 11.8 Å². The van der Waals surface area contributed by atoms with Gasteiger partial charge in [0, 0.05) is 43.1 Å². The number of nitrogens with zero attached hydrogens (tertiary/aromatic N) is 2. The lowest BCUT2D eigenvalue weighted by Gasteiger charge is -2.21. The highest BCUT2D eigenvalue weighted by atomic mass is 16.2. The molecule has 2 aromatic carbocycles. The number of carbonyl (C=O) groups excluding carboxylic acids is 2. The molecule has 2 heterocycles. The number of nitrogens with one attached hydrogen (secondary N) is 1. The van der Waals surface area contributed by atoms with Crippen LogP contribution in [0.3, 0.4) is 0 Å². The van der Waals surface area contributed by atoms with Crippen LogP contribution in [0.15, 0.2) is 42.5 Å². The van der Waals surface area contributed by atoms with E-state index in [-0.39, 0.29) is 24.2 Å². The second-order valence-electron chi connectivity index (χ2n) is 7.85. The van der Waals surface area contributed by atoms with Crippen molar-refractivity contribution in [2.45, 2.75) is 33.1 Å². The third-order valence-corrected chi connectivity index (χ3v) is 5.99. The minimum Gasteiger partial charge on any atom is -0.372 e. The summed E-state index contributed by atoms with van der Waals surface area (Å²) in [5, 5.41) is 3.01. The molecule has 146 valence electrons. The highest BCUT2D eigenvalue weighted by molar-refractivity contribution is 6.03. The van der Waals surface area contributed by atoms with Gasteiger partial charge in [-0.1, -0.05) is 12.1 Å². The first kappa shape index (κ1) is 18.5. The van der Waals surface area contributed by atoms with Crippen molar-refractivity contribution >= 4 is 28.9 Å². The molecule has 4 rings (SSSR count). The van der Waals surface area contributed by atoms with E-state index in [0.29, 0.717) is 6.54 Å². The van der Waals surface area contributed by atoms with Crippen molar-refractivity contribution in [3.8, 4) is 0 Å². The van der Waals surface area contributed by atoms with E-state index < -0.39 is 0 Å². The minimum absolute atomic E-state index is 0.00929. The van der Waals surface area contributed by atoms with Crippen molar-refractivity contribution in [3.63, 3.8) is 0 Å². The van der Waals surface area contributed by atoms with Crippen molar-refractivity contribution in [2.75, 3.05) is 34.8 Å². The van der Waals surface area contributed by atoms with Gasteiger partial charge in [-0.05, 0) is 68.1 Å². The van der Waals surface area contributed by atoms with E-state index in [0.717, 1.165) is 35.6 Å². The molecular weight excluding hydrogens is 350 g/mol. The minimum atomic E-state index is -0.328. The van der Waals surface area contributed by atoms with Gasteiger partial charge in [-0.15, -0.1) is 0 Å². The standard InChI is InChI=1S/C23H27N3O2/c1-16-6-5-7-21(17(16)2)24-23(28)18-14-22(27)26(15-18)20-10-8-19(9-11-20)25-12-3-4-13-25/h5-11,18H,3-4,12-15H2,1-2H3,(H,24,28). The van der Waals surface area contributed by atoms with Gasteiger partial charge in [-0.25, -0.2) is 0 Å². The van der Waals surface area contributed by atoms with Gasteiger partial charge in [0.1, 0.15) is 0 Å². The van der Waals surface area contributed by atoms with Crippen LogP contribution in [0.25, 0.3) is 0 Å². The molecule has 0 bridgehead atoms. The Labute approximate surface area is 166 Å². The molecule has 28 heavy (non-hydrogen) atoms. The van der Waals surface area contributed by atoms with E-state index in [1.54, 1.807) is 4.90 Å². The SMILES string of the molecule is Cc1cccc(NC(=O)C2CC(=O)N(c3ccc(N4CCCC4)cc3)C2)c1C.